The molecule has 0 bridgehead atoms. The molecule has 1 heterocycles. The SMILES string of the molecule is FC(F)(F)c1ccc(NC(=S)Nc2noc3ccccc23)cc1. The first-order chi connectivity index (χ1) is 10.9. The van der Waals surface area contributed by atoms with Gasteiger partial charge in [-0.1, -0.05) is 17.3 Å². The van der Waals surface area contributed by atoms with Gasteiger partial charge in [-0.05, 0) is 48.6 Å². The highest BCUT2D eigenvalue weighted by Gasteiger charge is 2.29. The Hall–Kier alpha value is -2.61. The van der Waals surface area contributed by atoms with Crippen molar-refractivity contribution in [2.24, 2.45) is 0 Å². The van der Waals surface area contributed by atoms with Crippen molar-refractivity contribution < 1.29 is 17.7 Å². The Kier molecular flexibility index (Phi) is 3.91. The summed E-state index contributed by atoms with van der Waals surface area (Å²) < 4.78 is 42.6. The van der Waals surface area contributed by atoms with Crippen LogP contribution in [0, 0.1) is 0 Å². The molecule has 0 aliphatic carbocycles. The van der Waals surface area contributed by atoms with Gasteiger partial charge in [0.2, 0.25) is 0 Å². The molecule has 1 aromatic heterocycles. The minimum Gasteiger partial charge on any atom is -0.354 e. The summed E-state index contributed by atoms with van der Waals surface area (Å²) in [5.74, 6) is 0.435. The Labute approximate surface area is 134 Å². The molecule has 2 N–H and O–H groups in total. The molecule has 3 rings (SSSR count). The molecular weight excluding hydrogens is 327 g/mol. The normalized spacial score (nSPS) is 11.4. The molecule has 0 spiro atoms. The average molecular weight is 337 g/mol. The molecule has 23 heavy (non-hydrogen) atoms. The zero-order valence-electron chi connectivity index (χ0n) is 11.5. The van der Waals surface area contributed by atoms with Crippen LogP contribution < -0.4 is 10.6 Å². The minimum absolute atomic E-state index is 0.198. The molecule has 0 aliphatic rings. The number of halogens is 3. The first-order valence-corrected chi connectivity index (χ1v) is 6.94. The molecule has 0 fully saturated rings. The van der Waals surface area contributed by atoms with E-state index in [-0.39, 0.29) is 5.11 Å². The van der Waals surface area contributed by atoms with Crippen LogP contribution >= 0.6 is 12.2 Å². The Balaban J connectivity index is 1.70. The van der Waals surface area contributed by atoms with Gasteiger partial charge in [-0.25, -0.2) is 0 Å². The van der Waals surface area contributed by atoms with E-state index in [0.717, 1.165) is 17.5 Å². The quantitative estimate of drug-likeness (QED) is 0.666. The maximum Gasteiger partial charge on any atom is 0.416 e. The molecule has 0 unspecified atom stereocenters. The lowest BCUT2D eigenvalue weighted by Crippen LogP contribution is -2.19. The first-order valence-electron chi connectivity index (χ1n) is 6.53. The lowest BCUT2D eigenvalue weighted by atomic mass is 10.2. The summed E-state index contributed by atoms with van der Waals surface area (Å²) in [6, 6.07) is 11.8. The molecule has 8 heteroatoms. The number of rotatable bonds is 2. The maximum absolute atomic E-state index is 12.5. The summed E-state index contributed by atoms with van der Waals surface area (Å²) in [5.41, 5.74) is 0.319. The highest BCUT2D eigenvalue weighted by atomic mass is 32.1. The molecule has 3 aromatic rings. The number of thiocarbonyl (C=S) groups is 1. The average Bonchev–Trinajstić information content (AvgIpc) is 2.90. The number of alkyl halides is 3. The van der Waals surface area contributed by atoms with Gasteiger partial charge in [-0.3, -0.25) is 0 Å². The van der Waals surface area contributed by atoms with Crippen molar-refractivity contribution in [3.8, 4) is 0 Å². The van der Waals surface area contributed by atoms with Crippen molar-refractivity contribution >= 4 is 39.8 Å². The number of para-hydroxylation sites is 1. The van der Waals surface area contributed by atoms with E-state index < -0.39 is 11.7 Å². The van der Waals surface area contributed by atoms with E-state index in [0.29, 0.717) is 17.1 Å². The van der Waals surface area contributed by atoms with Gasteiger partial charge >= 0.3 is 6.18 Å². The van der Waals surface area contributed by atoms with Crippen molar-refractivity contribution in [3.63, 3.8) is 0 Å². The van der Waals surface area contributed by atoms with Crippen LogP contribution in [0.15, 0.2) is 53.1 Å². The van der Waals surface area contributed by atoms with E-state index in [1.165, 1.54) is 12.1 Å². The van der Waals surface area contributed by atoms with Gasteiger partial charge in [-0.15, -0.1) is 0 Å². The first kappa shape index (κ1) is 15.3. The molecular formula is C15H10F3N3OS. The van der Waals surface area contributed by atoms with Gasteiger partial charge in [0, 0.05) is 5.69 Å². The fraction of sp³-hybridized carbons (Fsp3) is 0.0667. The standard InChI is InChI=1S/C15H10F3N3OS/c16-15(17,18)9-5-7-10(8-6-9)19-14(23)20-13-11-3-1-2-4-12(11)22-21-13/h1-8H,(H2,19,20,21,23). The number of anilines is 2. The van der Waals surface area contributed by atoms with Gasteiger partial charge in [0.15, 0.2) is 16.5 Å². The van der Waals surface area contributed by atoms with Crippen LogP contribution in [0.25, 0.3) is 11.0 Å². The Morgan fingerprint density at radius 1 is 1.00 bits per heavy atom. The van der Waals surface area contributed by atoms with Crippen LogP contribution in [0.2, 0.25) is 0 Å². The number of aromatic nitrogens is 1. The number of benzene rings is 2. The fourth-order valence-corrected chi connectivity index (χ4v) is 2.20. The lowest BCUT2D eigenvalue weighted by molar-refractivity contribution is -0.137. The van der Waals surface area contributed by atoms with E-state index in [2.05, 4.69) is 15.8 Å². The highest BCUT2D eigenvalue weighted by molar-refractivity contribution is 7.80. The molecule has 0 amide bonds. The van der Waals surface area contributed by atoms with Gasteiger partial charge in [0.1, 0.15) is 0 Å². The predicted octanol–water partition coefficient (Wildman–Crippen LogP) is 4.66. The molecule has 0 saturated carbocycles. The number of hydrogen-bond donors (Lipinski definition) is 2. The second-order valence-electron chi connectivity index (χ2n) is 4.68. The van der Waals surface area contributed by atoms with Gasteiger partial charge < -0.3 is 15.2 Å². The third kappa shape index (κ3) is 3.42. The number of nitrogens with one attached hydrogen (secondary N) is 2. The second-order valence-corrected chi connectivity index (χ2v) is 5.09. The van der Waals surface area contributed by atoms with E-state index in [4.69, 9.17) is 16.7 Å². The summed E-state index contributed by atoms with van der Waals surface area (Å²) >= 11 is 5.13. The van der Waals surface area contributed by atoms with E-state index in [9.17, 15) is 13.2 Å². The summed E-state index contributed by atoms with van der Waals surface area (Å²) in [5, 5.41) is 10.5. The van der Waals surface area contributed by atoms with E-state index in [1.807, 2.05) is 18.2 Å². The summed E-state index contributed by atoms with van der Waals surface area (Å²) in [6.45, 7) is 0. The third-order valence-electron chi connectivity index (χ3n) is 3.08. The van der Waals surface area contributed by atoms with Crippen LogP contribution in [0.3, 0.4) is 0 Å². The molecule has 118 valence electrons. The van der Waals surface area contributed by atoms with Crippen molar-refractivity contribution in [1.82, 2.24) is 5.16 Å². The fourth-order valence-electron chi connectivity index (χ4n) is 1.99. The van der Waals surface area contributed by atoms with Gasteiger partial charge in [0.25, 0.3) is 0 Å². The summed E-state index contributed by atoms with van der Waals surface area (Å²) in [4.78, 5) is 0. The van der Waals surface area contributed by atoms with Crippen molar-refractivity contribution in [1.29, 1.82) is 0 Å². The van der Waals surface area contributed by atoms with Crippen LogP contribution in [0.1, 0.15) is 5.56 Å². The van der Waals surface area contributed by atoms with Crippen molar-refractivity contribution in [3.05, 3.63) is 54.1 Å². The van der Waals surface area contributed by atoms with E-state index in [1.54, 1.807) is 6.07 Å². The molecule has 0 aliphatic heterocycles. The van der Waals surface area contributed by atoms with E-state index >= 15 is 0 Å². The Bertz CT molecular complexity index is 843. The second kappa shape index (κ2) is 5.88. The molecule has 4 nitrogen and oxygen atoms in total. The maximum atomic E-state index is 12.5. The smallest absolute Gasteiger partial charge is 0.354 e. The highest BCUT2D eigenvalue weighted by Crippen LogP contribution is 2.30. The predicted molar refractivity (Wildman–Crippen MR) is 85.3 cm³/mol. The van der Waals surface area contributed by atoms with Crippen molar-refractivity contribution in [2.45, 2.75) is 6.18 Å². The number of hydrogen-bond acceptors (Lipinski definition) is 3. The van der Waals surface area contributed by atoms with Crippen LogP contribution in [0.5, 0.6) is 0 Å². The Morgan fingerprint density at radius 3 is 2.39 bits per heavy atom. The van der Waals surface area contributed by atoms with Crippen LogP contribution in [-0.2, 0) is 6.18 Å². The monoisotopic (exact) mass is 337 g/mol. The number of fused-ring (bicyclic) bond motifs is 1. The summed E-state index contributed by atoms with van der Waals surface area (Å²) in [7, 11) is 0. The zero-order valence-corrected chi connectivity index (χ0v) is 12.3. The Morgan fingerprint density at radius 2 is 1.70 bits per heavy atom. The molecule has 0 atom stereocenters. The largest absolute Gasteiger partial charge is 0.416 e. The zero-order chi connectivity index (χ0) is 16.4. The van der Waals surface area contributed by atoms with Crippen LogP contribution in [0.4, 0.5) is 24.7 Å². The summed E-state index contributed by atoms with van der Waals surface area (Å²) in [6.07, 6.45) is -4.36. The minimum atomic E-state index is -4.36. The lowest BCUT2D eigenvalue weighted by Gasteiger charge is -2.10. The molecule has 0 radical (unpaired) electrons. The topological polar surface area (TPSA) is 50.1 Å². The van der Waals surface area contributed by atoms with Crippen molar-refractivity contribution in [2.75, 3.05) is 10.6 Å². The van der Waals surface area contributed by atoms with Gasteiger partial charge in [-0.2, -0.15) is 13.2 Å². The third-order valence-corrected chi connectivity index (χ3v) is 3.28. The number of nitrogens with zero attached hydrogens (tertiary/aromatic N) is 1. The van der Waals surface area contributed by atoms with Crippen LogP contribution in [-0.4, -0.2) is 10.3 Å². The molecule has 0 saturated heterocycles. The van der Waals surface area contributed by atoms with Gasteiger partial charge in [0.05, 0.1) is 10.9 Å². The molecule has 2 aromatic carbocycles.